The quantitative estimate of drug-likeness (QED) is 0.318. The van der Waals surface area contributed by atoms with Gasteiger partial charge in [0.2, 0.25) is 11.5 Å². The molecule has 0 aromatic carbocycles. The number of aliphatic carboxylic acids is 1. The number of oxime groups is 1. The number of nitrogens with two attached hydrogens (primary N) is 1. The summed E-state index contributed by atoms with van der Waals surface area (Å²) in [5.74, 6) is -1.84. The fraction of sp³-hybridized carbons (Fsp3) is 0.529. The van der Waals surface area contributed by atoms with Crippen LogP contribution in [0.15, 0.2) is 16.4 Å². The maximum atomic E-state index is 12.9. The number of carbonyl (C=O) groups is 3. The molecule has 0 spiro atoms. The van der Waals surface area contributed by atoms with Gasteiger partial charge in [0.05, 0.1) is 0 Å². The second kappa shape index (κ2) is 8.22. The normalized spacial score (nSPS) is 24.5. The number of aromatic nitrogens is 2. The first kappa shape index (κ1) is 20.6. The van der Waals surface area contributed by atoms with E-state index in [1.807, 2.05) is 0 Å². The minimum absolute atomic E-state index is 0.0230. The van der Waals surface area contributed by atoms with Crippen molar-refractivity contribution in [3.63, 3.8) is 0 Å². The summed E-state index contributed by atoms with van der Waals surface area (Å²) in [4.78, 5) is 47.8. The van der Waals surface area contributed by atoms with Crippen LogP contribution in [0.25, 0.3) is 0 Å². The van der Waals surface area contributed by atoms with Gasteiger partial charge in [-0.1, -0.05) is 5.16 Å². The van der Waals surface area contributed by atoms with E-state index in [-0.39, 0.29) is 28.5 Å². The number of carbonyl (C=O) groups excluding carboxylic acids is 2. The number of hydrogen-bond acceptors (Lipinski definition) is 10. The second-order valence-electron chi connectivity index (χ2n) is 7.20. The van der Waals surface area contributed by atoms with Crippen LogP contribution in [0.4, 0.5) is 5.13 Å². The molecular formula is C17H20N6O5S2. The number of anilines is 1. The number of hydrogen-bond donors (Lipinski definition) is 3. The smallest absolute Gasteiger partial charge is 0.352 e. The third-order valence-corrected chi connectivity index (χ3v) is 7.08. The molecule has 11 nitrogen and oxygen atoms in total. The van der Waals surface area contributed by atoms with E-state index in [2.05, 4.69) is 19.8 Å². The van der Waals surface area contributed by atoms with Crippen LogP contribution in [0.2, 0.25) is 0 Å². The number of rotatable bonds is 6. The molecule has 1 unspecified atom stereocenters. The highest BCUT2D eigenvalue weighted by molar-refractivity contribution is 8.00. The van der Waals surface area contributed by atoms with Crippen LogP contribution in [0, 0.1) is 0 Å². The van der Waals surface area contributed by atoms with Gasteiger partial charge in [0.25, 0.3) is 11.8 Å². The summed E-state index contributed by atoms with van der Waals surface area (Å²) >= 11 is 2.31. The number of thioether (sulfide) groups is 1. The Morgan fingerprint density at radius 1 is 1.37 bits per heavy atom. The number of nitrogen functional groups attached to an aromatic ring is 1. The van der Waals surface area contributed by atoms with Gasteiger partial charge in [0.15, 0.2) is 5.13 Å². The average molecular weight is 453 g/mol. The lowest BCUT2D eigenvalue weighted by atomic mass is 10.0. The van der Waals surface area contributed by atoms with Crippen molar-refractivity contribution in [1.29, 1.82) is 0 Å². The van der Waals surface area contributed by atoms with Crippen molar-refractivity contribution in [3.8, 4) is 0 Å². The molecular weight excluding hydrogens is 432 g/mol. The molecule has 30 heavy (non-hydrogen) atoms. The van der Waals surface area contributed by atoms with E-state index in [1.54, 1.807) is 6.92 Å². The molecule has 1 saturated carbocycles. The van der Waals surface area contributed by atoms with E-state index < -0.39 is 29.2 Å². The molecule has 2 amide bonds. The number of amides is 2. The molecule has 1 aromatic rings. The summed E-state index contributed by atoms with van der Waals surface area (Å²) in [6.07, 6.45) is 3.69. The van der Waals surface area contributed by atoms with Crippen LogP contribution in [0.3, 0.4) is 0 Å². The lowest BCUT2D eigenvalue weighted by molar-refractivity contribution is -0.150. The van der Waals surface area contributed by atoms with Gasteiger partial charge in [0.1, 0.15) is 23.2 Å². The summed E-state index contributed by atoms with van der Waals surface area (Å²) in [6, 6.07) is -0.877. The molecule has 1 aliphatic carbocycles. The van der Waals surface area contributed by atoms with E-state index in [4.69, 9.17) is 10.6 Å². The maximum Gasteiger partial charge on any atom is 0.352 e. The third kappa shape index (κ3) is 3.74. The van der Waals surface area contributed by atoms with E-state index in [0.717, 1.165) is 37.2 Å². The molecule has 1 saturated heterocycles. The average Bonchev–Trinajstić information content (AvgIpc) is 3.37. The molecule has 1 aromatic heterocycles. The number of carboxylic acid groups (broad SMARTS) is 1. The zero-order chi connectivity index (χ0) is 21.4. The fourth-order valence-electron chi connectivity index (χ4n) is 3.62. The Balaban J connectivity index is 1.51. The Labute approximate surface area is 179 Å². The molecule has 2 atom stereocenters. The molecule has 13 heteroatoms. The van der Waals surface area contributed by atoms with Crippen molar-refractivity contribution in [1.82, 2.24) is 19.6 Å². The summed E-state index contributed by atoms with van der Waals surface area (Å²) in [6.45, 7) is 1.68. The fourth-order valence-corrected chi connectivity index (χ4v) is 5.35. The Morgan fingerprint density at radius 2 is 2.10 bits per heavy atom. The number of nitrogens with one attached hydrogen (secondary N) is 1. The lowest BCUT2D eigenvalue weighted by Crippen LogP contribution is -2.71. The highest BCUT2D eigenvalue weighted by atomic mass is 32.2. The highest BCUT2D eigenvalue weighted by Crippen LogP contribution is 2.40. The monoisotopic (exact) mass is 452 g/mol. The number of carboxylic acids is 1. The van der Waals surface area contributed by atoms with Gasteiger partial charge in [-0.15, -0.1) is 11.8 Å². The van der Waals surface area contributed by atoms with E-state index in [0.29, 0.717) is 11.3 Å². The first-order valence-corrected chi connectivity index (χ1v) is 11.2. The molecule has 2 fully saturated rings. The minimum Gasteiger partial charge on any atom is -0.477 e. The van der Waals surface area contributed by atoms with Gasteiger partial charge in [-0.3, -0.25) is 14.5 Å². The molecule has 0 radical (unpaired) electrons. The van der Waals surface area contributed by atoms with Gasteiger partial charge in [-0.05, 0) is 38.2 Å². The SMILES string of the molecule is CC1=C(C(=O)O)N2C(=O)C(NC(=O)/C(=N\OC3CCCC3)c3nsc(N)n3)[C@H]2SC1. The maximum absolute atomic E-state index is 12.9. The predicted octanol–water partition coefficient (Wildman–Crippen LogP) is 0.542. The van der Waals surface area contributed by atoms with Crippen molar-refractivity contribution in [2.75, 3.05) is 11.5 Å². The Kier molecular flexibility index (Phi) is 5.64. The first-order chi connectivity index (χ1) is 14.4. The van der Waals surface area contributed by atoms with Crippen molar-refractivity contribution in [2.45, 2.75) is 50.1 Å². The molecule has 4 N–H and O–H groups in total. The van der Waals surface area contributed by atoms with Crippen LogP contribution < -0.4 is 11.1 Å². The zero-order valence-corrected chi connectivity index (χ0v) is 17.7. The van der Waals surface area contributed by atoms with Crippen LogP contribution in [-0.4, -0.2) is 66.1 Å². The van der Waals surface area contributed by atoms with Crippen LogP contribution in [0.1, 0.15) is 38.4 Å². The van der Waals surface area contributed by atoms with Gasteiger partial charge in [0, 0.05) is 17.3 Å². The summed E-state index contributed by atoms with van der Waals surface area (Å²) < 4.78 is 4.03. The van der Waals surface area contributed by atoms with Gasteiger partial charge in [-0.25, -0.2) is 4.79 Å². The van der Waals surface area contributed by atoms with E-state index in [9.17, 15) is 19.5 Å². The number of nitrogens with zero attached hydrogens (tertiary/aromatic N) is 4. The Bertz CT molecular complexity index is 954. The Morgan fingerprint density at radius 3 is 2.73 bits per heavy atom. The van der Waals surface area contributed by atoms with Crippen LogP contribution in [-0.2, 0) is 19.2 Å². The third-order valence-electron chi connectivity index (χ3n) is 5.11. The van der Waals surface area contributed by atoms with Crippen molar-refractivity contribution >= 4 is 51.9 Å². The summed E-state index contributed by atoms with van der Waals surface area (Å²) in [7, 11) is 0. The predicted molar refractivity (Wildman–Crippen MR) is 110 cm³/mol. The highest BCUT2D eigenvalue weighted by Gasteiger charge is 2.54. The Hall–Kier alpha value is -2.67. The van der Waals surface area contributed by atoms with Crippen molar-refractivity contribution in [3.05, 3.63) is 17.1 Å². The lowest BCUT2D eigenvalue weighted by Gasteiger charge is -2.49. The second-order valence-corrected chi connectivity index (χ2v) is 9.09. The van der Waals surface area contributed by atoms with Gasteiger partial charge in [-0.2, -0.15) is 9.36 Å². The molecule has 2 aliphatic heterocycles. The first-order valence-electron chi connectivity index (χ1n) is 9.38. The molecule has 0 bridgehead atoms. The van der Waals surface area contributed by atoms with Crippen LogP contribution in [0.5, 0.6) is 0 Å². The molecule has 3 aliphatic rings. The number of β-lactam (4-membered cyclic amide) rings is 1. The summed E-state index contributed by atoms with van der Waals surface area (Å²) in [5, 5.41) is 15.7. The minimum atomic E-state index is -1.16. The largest absolute Gasteiger partial charge is 0.477 e. The standard InChI is InChI=1S/C17H20N6O5S2/c1-7-6-29-15-10(14(25)23(15)11(7)16(26)27)19-13(24)9(12-20-17(18)30-22-12)21-28-8-4-2-3-5-8/h8,10,15H,2-6H2,1H3,(H,19,24)(H,26,27)(H2,18,20,22)/b21-9-/t10?,15-/m1/s1. The van der Waals surface area contributed by atoms with Crippen LogP contribution >= 0.6 is 23.3 Å². The van der Waals surface area contributed by atoms with Gasteiger partial charge < -0.3 is 21.0 Å². The van der Waals surface area contributed by atoms with Crippen molar-refractivity contribution < 1.29 is 24.3 Å². The van der Waals surface area contributed by atoms with E-state index in [1.165, 1.54) is 16.7 Å². The van der Waals surface area contributed by atoms with Crippen molar-refractivity contribution in [2.24, 2.45) is 5.16 Å². The molecule has 3 heterocycles. The van der Waals surface area contributed by atoms with E-state index >= 15 is 0 Å². The molecule has 160 valence electrons. The molecule has 4 rings (SSSR count). The van der Waals surface area contributed by atoms with Gasteiger partial charge >= 0.3 is 5.97 Å². The topological polar surface area (TPSA) is 160 Å². The summed E-state index contributed by atoms with van der Waals surface area (Å²) in [5.41, 5.74) is 6.05. The number of fused-ring (bicyclic) bond motifs is 1. The zero-order valence-electron chi connectivity index (χ0n) is 16.0.